The van der Waals surface area contributed by atoms with Crippen molar-refractivity contribution >= 4 is 5.91 Å². The highest BCUT2D eigenvalue weighted by Gasteiger charge is 2.23. The molecule has 128 valence electrons. The predicted octanol–water partition coefficient (Wildman–Crippen LogP) is 2.48. The monoisotopic (exact) mass is 326 g/mol. The molecule has 1 aromatic heterocycles. The summed E-state index contributed by atoms with van der Waals surface area (Å²) in [6.07, 6.45) is 5.73. The van der Waals surface area contributed by atoms with Gasteiger partial charge in [0.2, 0.25) is 5.91 Å². The number of aromatic nitrogens is 2. The van der Waals surface area contributed by atoms with Gasteiger partial charge in [-0.2, -0.15) is 5.10 Å². The van der Waals surface area contributed by atoms with Crippen molar-refractivity contribution in [3.63, 3.8) is 0 Å². The number of benzene rings is 1. The smallest absolute Gasteiger partial charge is 0.222 e. The van der Waals surface area contributed by atoms with Crippen molar-refractivity contribution in [3.05, 3.63) is 47.8 Å². The Morgan fingerprint density at radius 3 is 2.88 bits per heavy atom. The third-order valence-corrected chi connectivity index (χ3v) is 4.74. The van der Waals surface area contributed by atoms with Gasteiger partial charge in [0.15, 0.2) is 0 Å². The van der Waals surface area contributed by atoms with Crippen LogP contribution in [-0.4, -0.2) is 52.7 Å². The second-order valence-corrected chi connectivity index (χ2v) is 6.96. The van der Waals surface area contributed by atoms with Crippen molar-refractivity contribution in [2.45, 2.75) is 26.3 Å². The van der Waals surface area contributed by atoms with Crippen LogP contribution in [0, 0.1) is 12.8 Å². The zero-order valence-electron chi connectivity index (χ0n) is 14.8. The Bertz CT molecular complexity index is 709. The number of aryl methyl sites for hydroxylation is 1. The molecule has 1 atom stereocenters. The molecule has 0 saturated carbocycles. The van der Waals surface area contributed by atoms with Crippen molar-refractivity contribution in [1.82, 2.24) is 19.6 Å². The molecule has 1 amide bonds. The molecule has 1 aromatic carbocycles. The minimum atomic E-state index is 0.272. The number of hydrogen-bond donors (Lipinski definition) is 0. The molecule has 0 radical (unpaired) electrons. The molecule has 1 unspecified atom stereocenters. The molecule has 1 saturated heterocycles. The number of rotatable bonds is 5. The molecule has 2 heterocycles. The van der Waals surface area contributed by atoms with Crippen molar-refractivity contribution in [1.29, 1.82) is 0 Å². The fourth-order valence-corrected chi connectivity index (χ4v) is 3.46. The maximum atomic E-state index is 11.6. The van der Waals surface area contributed by atoms with Crippen LogP contribution >= 0.6 is 0 Å². The second-order valence-electron chi connectivity index (χ2n) is 6.96. The first-order valence-corrected chi connectivity index (χ1v) is 8.55. The summed E-state index contributed by atoms with van der Waals surface area (Å²) in [5.74, 6) is 0.831. The van der Waals surface area contributed by atoms with Gasteiger partial charge in [-0.15, -0.1) is 0 Å². The molecular formula is C19H26N4O. The number of amides is 1. The van der Waals surface area contributed by atoms with Crippen LogP contribution in [0.4, 0.5) is 0 Å². The Morgan fingerprint density at radius 1 is 1.33 bits per heavy atom. The van der Waals surface area contributed by atoms with Gasteiger partial charge in [-0.05, 0) is 37.9 Å². The van der Waals surface area contributed by atoms with E-state index in [2.05, 4.69) is 42.3 Å². The summed E-state index contributed by atoms with van der Waals surface area (Å²) in [7, 11) is 4.04. The molecule has 5 heteroatoms. The number of piperidine rings is 1. The van der Waals surface area contributed by atoms with Crippen LogP contribution in [0.3, 0.4) is 0 Å². The minimum absolute atomic E-state index is 0.272. The summed E-state index contributed by atoms with van der Waals surface area (Å²) >= 11 is 0. The fraction of sp³-hybridized carbons (Fsp3) is 0.474. The molecule has 0 spiro atoms. The SMILES string of the molecule is Cc1ccccc1-n1cc(CN(C)CC2CCC(=O)N(C)C2)cn1. The summed E-state index contributed by atoms with van der Waals surface area (Å²) in [6, 6.07) is 8.27. The van der Waals surface area contributed by atoms with Gasteiger partial charge in [-0.1, -0.05) is 18.2 Å². The minimum Gasteiger partial charge on any atom is -0.345 e. The molecule has 24 heavy (non-hydrogen) atoms. The Morgan fingerprint density at radius 2 is 2.12 bits per heavy atom. The number of carbonyl (C=O) groups is 1. The van der Waals surface area contributed by atoms with Crippen LogP contribution in [0.1, 0.15) is 24.0 Å². The lowest BCUT2D eigenvalue weighted by Crippen LogP contribution is -2.41. The Hall–Kier alpha value is -2.14. The van der Waals surface area contributed by atoms with Gasteiger partial charge in [-0.25, -0.2) is 4.68 Å². The van der Waals surface area contributed by atoms with E-state index < -0.39 is 0 Å². The molecule has 5 nitrogen and oxygen atoms in total. The predicted molar refractivity (Wildman–Crippen MR) is 95.0 cm³/mol. The molecule has 0 bridgehead atoms. The van der Waals surface area contributed by atoms with E-state index in [1.807, 2.05) is 35.0 Å². The van der Waals surface area contributed by atoms with E-state index in [0.29, 0.717) is 12.3 Å². The van der Waals surface area contributed by atoms with E-state index in [0.717, 1.165) is 31.7 Å². The highest BCUT2D eigenvalue weighted by Crippen LogP contribution is 2.18. The first-order chi connectivity index (χ1) is 11.5. The molecular weight excluding hydrogens is 300 g/mol. The Labute approximate surface area is 143 Å². The van der Waals surface area contributed by atoms with Gasteiger partial charge in [0.1, 0.15) is 0 Å². The van der Waals surface area contributed by atoms with Crippen LogP contribution in [0.15, 0.2) is 36.7 Å². The quantitative estimate of drug-likeness (QED) is 0.848. The van der Waals surface area contributed by atoms with Gasteiger partial charge in [0, 0.05) is 44.9 Å². The number of para-hydroxylation sites is 1. The molecule has 1 aliphatic heterocycles. The van der Waals surface area contributed by atoms with Crippen LogP contribution in [0.25, 0.3) is 5.69 Å². The third-order valence-electron chi connectivity index (χ3n) is 4.74. The van der Waals surface area contributed by atoms with E-state index in [4.69, 9.17) is 0 Å². The Balaban J connectivity index is 1.58. The highest BCUT2D eigenvalue weighted by atomic mass is 16.2. The van der Waals surface area contributed by atoms with Crippen molar-refractivity contribution in [3.8, 4) is 5.69 Å². The number of carbonyl (C=O) groups excluding carboxylic acids is 1. The zero-order chi connectivity index (χ0) is 17.1. The zero-order valence-corrected chi connectivity index (χ0v) is 14.8. The van der Waals surface area contributed by atoms with Gasteiger partial charge < -0.3 is 9.80 Å². The average Bonchev–Trinajstić information content (AvgIpc) is 2.99. The number of nitrogens with zero attached hydrogens (tertiary/aromatic N) is 4. The van der Waals surface area contributed by atoms with Crippen LogP contribution in [0.2, 0.25) is 0 Å². The molecule has 1 fully saturated rings. The molecule has 1 aliphatic rings. The van der Waals surface area contributed by atoms with E-state index in [9.17, 15) is 4.79 Å². The number of hydrogen-bond acceptors (Lipinski definition) is 3. The van der Waals surface area contributed by atoms with E-state index in [-0.39, 0.29) is 5.91 Å². The normalized spacial score (nSPS) is 18.4. The number of likely N-dealkylation sites (tertiary alicyclic amines) is 1. The van der Waals surface area contributed by atoms with Crippen molar-refractivity contribution < 1.29 is 4.79 Å². The first-order valence-electron chi connectivity index (χ1n) is 8.55. The van der Waals surface area contributed by atoms with Crippen LogP contribution in [-0.2, 0) is 11.3 Å². The lowest BCUT2D eigenvalue weighted by atomic mass is 9.97. The highest BCUT2D eigenvalue weighted by molar-refractivity contribution is 5.76. The largest absolute Gasteiger partial charge is 0.345 e. The van der Waals surface area contributed by atoms with E-state index in [1.54, 1.807) is 0 Å². The van der Waals surface area contributed by atoms with Crippen LogP contribution in [0.5, 0.6) is 0 Å². The summed E-state index contributed by atoms with van der Waals surface area (Å²) in [4.78, 5) is 15.8. The van der Waals surface area contributed by atoms with Gasteiger partial charge in [-0.3, -0.25) is 4.79 Å². The lowest BCUT2D eigenvalue weighted by molar-refractivity contribution is -0.133. The first kappa shape index (κ1) is 16.7. The second kappa shape index (κ2) is 7.18. The van der Waals surface area contributed by atoms with Gasteiger partial charge in [0.05, 0.1) is 11.9 Å². The fourth-order valence-electron chi connectivity index (χ4n) is 3.46. The molecule has 0 aliphatic carbocycles. The van der Waals surface area contributed by atoms with Crippen molar-refractivity contribution in [2.24, 2.45) is 5.92 Å². The van der Waals surface area contributed by atoms with E-state index in [1.165, 1.54) is 11.1 Å². The standard InChI is InChI=1S/C19H26N4O/c1-15-6-4-5-7-18(15)23-14-17(10-20-23)12-21(2)11-16-8-9-19(24)22(3)13-16/h4-7,10,14,16H,8-9,11-13H2,1-3H3. The van der Waals surface area contributed by atoms with Crippen LogP contribution < -0.4 is 0 Å². The average molecular weight is 326 g/mol. The Kier molecular flexibility index (Phi) is 5.00. The topological polar surface area (TPSA) is 41.4 Å². The molecule has 0 N–H and O–H groups in total. The molecule has 2 aromatic rings. The maximum Gasteiger partial charge on any atom is 0.222 e. The summed E-state index contributed by atoms with van der Waals surface area (Å²) in [5.41, 5.74) is 3.55. The molecule has 3 rings (SSSR count). The lowest BCUT2D eigenvalue weighted by Gasteiger charge is -2.32. The third kappa shape index (κ3) is 3.85. The maximum absolute atomic E-state index is 11.6. The van der Waals surface area contributed by atoms with E-state index >= 15 is 0 Å². The van der Waals surface area contributed by atoms with Crippen molar-refractivity contribution in [2.75, 3.05) is 27.2 Å². The summed E-state index contributed by atoms with van der Waals surface area (Å²) in [6.45, 7) is 4.85. The van der Waals surface area contributed by atoms with Gasteiger partial charge in [0.25, 0.3) is 0 Å². The van der Waals surface area contributed by atoms with Gasteiger partial charge >= 0.3 is 0 Å². The summed E-state index contributed by atoms with van der Waals surface area (Å²) in [5, 5.41) is 4.51. The summed E-state index contributed by atoms with van der Waals surface area (Å²) < 4.78 is 1.95.